The highest BCUT2D eigenvalue weighted by Gasteiger charge is 2.49. The Morgan fingerprint density at radius 1 is 0.978 bits per heavy atom. The van der Waals surface area contributed by atoms with Crippen LogP contribution in [0.2, 0.25) is 0 Å². The smallest absolute Gasteiger partial charge is 0.496 e. The van der Waals surface area contributed by atoms with Crippen LogP contribution in [0.1, 0.15) is 22.3 Å². The Hall–Kier alpha value is -4.72. The molecule has 2 aliphatic rings. The first-order chi connectivity index (χ1) is 21.2. The highest BCUT2D eigenvalue weighted by molar-refractivity contribution is 7.92. The average molecular weight is 647 g/mol. The van der Waals surface area contributed by atoms with Crippen LogP contribution >= 0.6 is 0 Å². The van der Waals surface area contributed by atoms with E-state index in [9.17, 15) is 41.1 Å². The van der Waals surface area contributed by atoms with Crippen molar-refractivity contribution < 1.29 is 50.2 Å². The maximum absolute atomic E-state index is 15.2. The number of halogens is 4. The van der Waals surface area contributed by atoms with E-state index in [2.05, 4.69) is 10.6 Å². The van der Waals surface area contributed by atoms with Crippen molar-refractivity contribution in [3.63, 3.8) is 0 Å². The molecular formula is C31H26F4N2O7S. The van der Waals surface area contributed by atoms with Gasteiger partial charge in [0.2, 0.25) is 5.91 Å². The van der Waals surface area contributed by atoms with Gasteiger partial charge in [0.05, 0.1) is 29.9 Å². The molecule has 2 bridgehead atoms. The van der Waals surface area contributed by atoms with Crippen molar-refractivity contribution in [1.29, 1.82) is 0 Å². The first kappa shape index (κ1) is 31.7. The van der Waals surface area contributed by atoms with Gasteiger partial charge >= 0.3 is 11.5 Å². The standard InChI is InChI=1S/C31H26F4N2O7S/c1-44-25-15-24(32)22(21-8-3-2-5-16(21)12-26(38)39)14-23(25)29(40)37-28-18-10-9-17(11-18)27(28)30(41)36-19-6-4-7-20(13-19)45(42,43)31(33,34)35/h2-10,13-15,17-18,27-28H,11-12H2,1H3,(H,36,41)(H,37,40)(H,38,39)/t17-,18+,27+,28-/m1/s1. The number of carbonyl (C=O) groups is 3. The van der Waals surface area contributed by atoms with Gasteiger partial charge in [-0.05, 0) is 53.6 Å². The highest BCUT2D eigenvalue weighted by atomic mass is 32.2. The molecule has 0 heterocycles. The quantitative estimate of drug-likeness (QED) is 0.220. The lowest BCUT2D eigenvalue weighted by atomic mass is 9.87. The van der Waals surface area contributed by atoms with E-state index in [4.69, 9.17) is 4.74 Å². The summed E-state index contributed by atoms with van der Waals surface area (Å²) in [4.78, 5) is 37.4. The molecule has 0 spiro atoms. The molecule has 1 saturated carbocycles. The van der Waals surface area contributed by atoms with Crippen LogP contribution in [0, 0.1) is 23.6 Å². The number of carboxylic acids is 1. The molecule has 45 heavy (non-hydrogen) atoms. The molecule has 0 unspecified atom stereocenters. The zero-order valence-electron chi connectivity index (χ0n) is 23.5. The van der Waals surface area contributed by atoms with Gasteiger partial charge < -0.3 is 20.5 Å². The van der Waals surface area contributed by atoms with Crippen molar-refractivity contribution in [2.24, 2.45) is 17.8 Å². The van der Waals surface area contributed by atoms with Crippen LogP contribution in [0.3, 0.4) is 0 Å². The fourth-order valence-electron chi connectivity index (χ4n) is 5.91. The monoisotopic (exact) mass is 646 g/mol. The molecule has 0 radical (unpaired) electrons. The van der Waals surface area contributed by atoms with Gasteiger partial charge in [-0.1, -0.05) is 42.5 Å². The van der Waals surface area contributed by atoms with Crippen molar-refractivity contribution in [1.82, 2.24) is 5.32 Å². The average Bonchev–Trinajstić information content (AvgIpc) is 3.59. The maximum atomic E-state index is 15.2. The van der Waals surface area contributed by atoms with E-state index in [-0.39, 0.29) is 46.4 Å². The minimum absolute atomic E-state index is 0.0337. The lowest BCUT2D eigenvalue weighted by Crippen LogP contribution is -2.47. The lowest BCUT2D eigenvalue weighted by molar-refractivity contribution is -0.136. The van der Waals surface area contributed by atoms with Crippen LogP contribution in [0.25, 0.3) is 11.1 Å². The predicted octanol–water partition coefficient (Wildman–Crippen LogP) is 4.98. The number of carboxylic acid groups (broad SMARTS) is 1. The fourth-order valence-corrected chi connectivity index (χ4v) is 6.72. The number of benzene rings is 3. The molecule has 5 rings (SSSR count). The normalized spacial score (nSPS) is 20.6. The van der Waals surface area contributed by atoms with E-state index >= 15 is 4.39 Å². The third-order valence-corrected chi connectivity index (χ3v) is 9.44. The molecular weight excluding hydrogens is 620 g/mol. The van der Waals surface area contributed by atoms with Gasteiger partial charge in [0.25, 0.3) is 15.7 Å². The second-order valence-corrected chi connectivity index (χ2v) is 12.6. The number of alkyl halides is 3. The van der Waals surface area contributed by atoms with E-state index in [1.54, 1.807) is 18.2 Å². The van der Waals surface area contributed by atoms with Crippen molar-refractivity contribution in [2.45, 2.75) is 29.3 Å². The van der Waals surface area contributed by atoms with Gasteiger partial charge in [0.15, 0.2) is 0 Å². The molecule has 0 aliphatic heterocycles. The molecule has 14 heteroatoms. The van der Waals surface area contributed by atoms with Crippen LogP contribution in [-0.2, 0) is 25.8 Å². The zero-order valence-corrected chi connectivity index (χ0v) is 24.3. The van der Waals surface area contributed by atoms with E-state index in [1.807, 2.05) is 6.08 Å². The molecule has 3 aromatic rings. The second-order valence-electron chi connectivity index (χ2n) is 10.7. The van der Waals surface area contributed by atoms with Gasteiger partial charge in [-0.25, -0.2) is 12.8 Å². The number of sulfone groups is 1. The third-order valence-electron chi connectivity index (χ3n) is 7.96. The number of hydrogen-bond acceptors (Lipinski definition) is 6. The number of allylic oxidation sites excluding steroid dienone is 1. The number of rotatable bonds is 9. The zero-order chi connectivity index (χ0) is 32.7. The number of aliphatic carboxylic acids is 1. The summed E-state index contributed by atoms with van der Waals surface area (Å²) in [6.45, 7) is 0. The van der Waals surface area contributed by atoms with Gasteiger partial charge in [0, 0.05) is 23.4 Å². The number of nitrogens with one attached hydrogen (secondary N) is 2. The Labute approximate surface area is 254 Å². The minimum Gasteiger partial charge on any atom is -0.496 e. The van der Waals surface area contributed by atoms with E-state index in [0.29, 0.717) is 18.1 Å². The summed E-state index contributed by atoms with van der Waals surface area (Å²) in [5, 5.41) is 14.6. The lowest BCUT2D eigenvalue weighted by Gasteiger charge is -2.28. The Bertz CT molecular complexity index is 1820. The highest BCUT2D eigenvalue weighted by Crippen LogP contribution is 2.45. The number of methoxy groups -OCH3 is 1. The Kier molecular flexibility index (Phi) is 8.45. The SMILES string of the molecule is COc1cc(F)c(-c2ccccc2CC(=O)O)cc1C(=O)N[C@H]1[C@@H](C(=O)Nc2cccc(S(=O)(=O)C(F)(F)F)c2)[C@@H]2C=C[C@H]1C2. The van der Waals surface area contributed by atoms with E-state index < -0.39 is 55.8 Å². The van der Waals surface area contributed by atoms with Gasteiger partial charge in [-0.2, -0.15) is 13.2 Å². The largest absolute Gasteiger partial charge is 0.501 e. The van der Waals surface area contributed by atoms with E-state index in [0.717, 1.165) is 18.2 Å². The van der Waals surface area contributed by atoms with Crippen molar-refractivity contribution >= 4 is 33.3 Å². The number of anilines is 1. The van der Waals surface area contributed by atoms with E-state index in [1.165, 1.54) is 31.4 Å². The third kappa shape index (κ3) is 6.14. The number of amides is 2. The summed E-state index contributed by atoms with van der Waals surface area (Å²) in [5.41, 5.74) is -5.22. The van der Waals surface area contributed by atoms with Crippen LogP contribution in [0.5, 0.6) is 5.75 Å². The van der Waals surface area contributed by atoms with Gasteiger partial charge in [0.1, 0.15) is 11.6 Å². The van der Waals surface area contributed by atoms with Crippen molar-refractivity contribution in [2.75, 3.05) is 12.4 Å². The predicted molar refractivity (Wildman–Crippen MR) is 154 cm³/mol. The van der Waals surface area contributed by atoms with Crippen LogP contribution in [0.4, 0.5) is 23.2 Å². The van der Waals surface area contributed by atoms with Crippen LogP contribution in [0.15, 0.2) is 77.7 Å². The summed E-state index contributed by atoms with van der Waals surface area (Å²) in [6, 6.07) is 11.6. The molecule has 2 aliphatic carbocycles. The summed E-state index contributed by atoms with van der Waals surface area (Å²) < 4.78 is 83.4. The Morgan fingerprint density at radius 3 is 2.38 bits per heavy atom. The maximum Gasteiger partial charge on any atom is 0.501 e. The molecule has 0 aromatic heterocycles. The number of fused-ring (bicyclic) bond motifs is 2. The Morgan fingerprint density at radius 2 is 1.69 bits per heavy atom. The van der Waals surface area contributed by atoms with Crippen molar-refractivity contribution in [3.05, 3.63) is 89.8 Å². The fraction of sp³-hybridized carbons (Fsp3) is 0.258. The summed E-state index contributed by atoms with van der Waals surface area (Å²) in [5.74, 6) is -4.79. The second kappa shape index (κ2) is 12.0. The van der Waals surface area contributed by atoms with Crippen LogP contribution < -0.4 is 15.4 Å². The molecule has 0 saturated heterocycles. The minimum atomic E-state index is -5.65. The molecule has 4 atom stereocenters. The van der Waals surface area contributed by atoms with Crippen LogP contribution in [-0.4, -0.2) is 50.0 Å². The Balaban J connectivity index is 1.42. The first-order valence-corrected chi connectivity index (χ1v) is 15.1. The molecule has 1 fully saturated rings. The molecule has 3 N–H and O–H groups in total. The number of carbonyl (C=O) groups excluding carboxylic acids is 2. The topological polar surface area (TPSA) is 139 Å². The summed E-state index contributed by atoms with van der Waals surface area (Å²) in [6.07, 6.45) is 3.76. The van der Waals surface area contributed by atoms with Crippen molar-refractivity contribution in [3.8, 4) is 16.9 Å². The van der Waals surface area contributed by atoms with Gasteiger partial charge in [-0.15, -0.1) is 0 Å². The molecule has 236 valence electrons. The number of hydrogen-bond donors (Lipinski definition) is 3. The molecule has 9 nitrogen and oxygen atoms in total. The molecule has 3 aromatic carbocycles. The summed E-state index contributed by atoms with van der Waals surface area (Å²) in [7, 11) is -4.41. The molecule has 2 amide bonds. The first-order valence-electron chi connectivity index (χ1n) is 13.6. The number of ether oxygens (including phenoxy) is 1. The van der Waals surface area contributed by atoms with Gasteiger partial charge in [-0.3, -0.25) is 14.4 Å². The summed E-state index contributed by atoms with van der Waals surface area (Å²) >= 11 is 0.